The van der Waals surface area contributed by atoms with E-state index < -0.39 is 97.5 Å². The van der Waals surface area contributed by atoms with Crippen LogP contribution < -0.4 is 0 Å². The molecule has 3 unspecified atom stereocenters. The van der Waals surface area contributed by atoms with Crippen molar-refractivity contribution in [1.82, 2.24) is 0 Å². The Labute approximate surface area is 696 Å². The molecule has 0 aliphatic rings. The van der Waals surface area contributed by atoms with Crippen LogP contribution in [0.25, 0.3) is 0 Å². The highest BCUT2D eigenvalue weighted by atomic mass is 31.2. The van der Waals surface area contributed by atoms with Crippen LogP contribution >= 0.6 is 15.6 Å². The number of hydrogen-bond acceptors (Lipinski definition) is 15. The Balaban J connectivity index is 5.18. The maximum Gasteiger partial charge on any atom is 0.472 e. The van der Waals surface area contributed by atoms with Crippen molar-refractivity contribution in [3.63, 3.8) is 0 Å². The number of phosphoric ester groups is 2. The first-order valence-corrected chi connectivity index (χ1v) is 51.4. The molecule has 17 nitrogen and oxygen atoms in total. The zero-order chi connectivity index (χ0) is 82.9. The maximum absolute atomic E-state index is 13.2. The van der Waals surface area contributed by atoms with Crippen LogP contribution in [0.15, 0.2) is 0 Å². The largest absolute Gasteiger partial charge is 0.472 e. The molecule has 0 bridgehead atoms. The minimum absolute atomic E-state index is 0.108. The second-order valence-electron chi connectivity index (χ2n) is 35.0. The molecule has 0 amide bonds. The molecule has 0 saturated carbocycles. The van der Waals surface area contributed by atoms with Crippen LogP contribution in [0.4, 0.5) is 0 Å². The predicted octanol–water partition coefficient (Wildman–Crippen LogP) is 29.2. The van der Waals surface area contributed by atoms with Gasteiger partial charge in [-0.1, -0.05) is 453 Å². The highest BCUT2D eigenvalue weighted by molar-refractivity contribution is 7.47. The first-order valence-electron chi connectivity index (χ1n) is 48.4. The van der Waals surface area contributed by atoms with Gasteiger partial charge in [0.2, 0.25) is 0 Å². The third-order valence-electron chi connectivity index (χ3n) is 22.5. The van der Waals surface area contributed by atoms with Crippen molar-refractivity contribution >= 4 is 39.5 Å². The number of hydrogen-bond donors (Lipinski definition) is 3. The van der Waals surface area contributed by atoms with E-state index in [0.717, 1.165) is 108 Å². The van der Waals surface area contributed by atoms with Gasteiger partial charge in [0.25, 0.3) is 0 Å². The van der Waals surface area contributed by atoms with E-state index in [2.05, 4.69) is 48.5 Å². The van der Waals surface area contributed by atoms with Gasteiger partial charge in [0, 0.05) is 25.7 Å². The van der Waals surface area contributed by atoms with Gasteiger partial charge in [-0.05, 0) is 43.4 Å². The average molecular weight is 1650 g/mol. The molecule has 6 atom stereocenters. The summed E-state index contributed by atoms with van der Waals surface area (Å²) < 4.78 is 69.1. The molecule has 0 aromatic heterocycles. The number of aliphatic hydroxyl groups is 1. The molecule has 113 heavy (non-hydrogen) atoms. The molecule has 0 spiro atoms. The zero-order valence-electron chi connectivity index (χ0n) is 74.9. The number of ether oxygens (including phenoxy) is 4. The van der Waals surface area contributed by atoms with E-state index in [1.807, 2.05) is 0 Å². The second-order valence-corrected chi connectivity index (χ2v) is 37.9. The molecule has 0 rings (SSSR count). The van der Waals surface area contributed by atoms with Crippen LogP contribution in [-0.4, -0.2) is 96.7 Å². The lowest BCUT2D eigenvalue weighted by Gasteiger charge is -2.21. The number of carbonyl (C=O) groups is 4. The van der Waals surface area contributed by atoms with Gasteiger partial charge < -0.3 is 33.8 Å². The molecule has 672 valence electrons. The van der Waals surface area contributed by atoms with E-state index in [9.17, 15) is 43.2 Å². The van der Waals surface area contributed by atoms with Crippen LogP contribution in [0.5, 0.6) is 0 Å². The molecule has 0 fully saturated rings. The van der Waals surface area contributed by atoms with Gasteiger partial charge in [-0.15, -0.1) is 0 Å². The summed E-state index contributed by atoms with van der Waals surface area (Å²) in [5.74, 6) is 0.274. The number of phosphoric acid groups is 2. The minimum Gasteiger partial charge on any atom is -0.462 e. The van der Waals surface area contributed by atoms with Crippen molar-refractivity contribution < 1.29 is 80.2 Å². The summed E-state index contributed by atoms with van der Waals surface area (Å²) in [6, 6.07) is 0. The first-order chi connectivity index (χ1) is 54.8. The zero-order valence-corrected chi connectivity index (χ0v) is 76.7. The van der Waals surface area contributed by atoms with Gasteiger partial charge in [0.05, 0.1) is 26.4 Å². The van der Waals surface area contributed by atoms with Gasteiger partial charge in [0.1, 0.15) is 19.3 Å². The Morgan fingerprint density at radius 3 is 0.673 bits per heavy atom. The quantitative estimate of drug-likeness (QED) is 0.0222. The van der Waals surface area contributed by atoms with E-state index >= 15 is 0 Å². The van der Waals surface area contributed by atoms with Crippen molar-refractivity contribution in [2.24, 2.45) is 17.8 Å². The third-order valence-corrected chi connectivity index (χ3v) is 24.4. The van der Waals surface area contributed by atoms with Gasteiger partial charge in [0.15, 0.2) is 12.2 Å². The standard InChI is InChI=1S/C94H184O17P2/c1-8-10-11-12-13-14-15-16-17-18-19-20-21-29-34-39-44-49-54-64-71-78-94(99)111-90(82-105-92(97)76-69-62-57-56-59-66-73-86(5)6)84-109-113(102,103)107-80-88(95)79-106-112(100,101)108-83-89(81-104-91(96)75-68-61-53-48-43-38-33-28-24-22-26-31-36-41-46-51-58-65-72-85(3)4)110-93(98)77-70-63-55-50-45-40-35-30-25-23-27-32-37-42-47-52-60-67-74-87(7)9-2/h85-90,95H,8-84H2,1-7H3,(H,100,101)(H,102,103)/t87?,88-,89-,90-/m1/s1. The number of aliphatic hydroxyl groups excluding tert-OH is 1. The fraction of sp³-hybridized carbons (Fsp3) is 0.957. The molecule has 0 heterocycles. The Kier molecular flexibility index (Phi) is 82.3. The SMILES string of the molecule is CCCCCCCCCCCCCCCCCCCCCCCC(=O)O[C@H](COC(=O)CCCCCCCCC(C)C)COP(=O)(O)OC[C@H](O)COP(=O)(O)OC[C@@H](COC(=O)CCCCCCCCCCCCCCCCCCCCC(C)C)OC(=O)CCCCCCCCCCCCCCCCCCCCC(C)CC. The van der Waals surface area contributed by atoms with Gasteiger partial charge >= 0.3 is 39.5 Å². The molecule has 0 aliphatic heterocycles. The van der Waals surface area contributed by atoms with E-state index in [-0.39, 0.29) is 25.7 Å². The summed E-state index contributed by atoms with van der Waals surface area (Å²) >= 11 is 0. The molecular weight excluding hydrogens is 1460 g/mol. The van der Waals surface area contributed by atoms with Gasteiger partial charge in [-0.25, -0.2) is 9.13 Å². The normalized spacial score (nSPS) is 14.0. The first kappa shape index (κ1) is 111. The second kappa shape index (κ2) is 83.7. The average Bonchev–Trinajstić information content (AvgIpc) is 0.905. The predicted molar refractivity (Wildman–Crippen MR) is 469 cm³/mol. The number of rotatable bonds is 92. The number of unbranched alkanes of at least 4 members (excludes halogenated alkanes) is 59. The fourth-order valence-corrected chi connectivity index (χ4v) is 16.3. The fourth-order valence-electron chi connectivity index (χ4n) is 14.8. The molecular formula is C94H184O17P2. The van der Waals surface area contributed by atoms with Gasteiger partial charge in [-0.3, -0.25) is 37.3 Å². The molecule has 0 saturated heterocycles. The Bertz CT molecular complexity index is 2170. The van der Waals surface area contributed by atoms with Crippen molar-refractivity contribution in [2.75, 3.05) is 39.6 Å². The number of carbonyl (C=O) groups excluding carboxylic acids is 4. The Morgan fingerprint density at radius 1 is 0.257 bits per heavy atom. The lowest BCUT2D eigenvalue weighted by atomic mass is 9.99. The van der Waals surface area contributed by atoms with Crippen LogP contribution in [-0.2, 0) is 65.4 Å². The Morgan fingerprint density at radius 2 is 0.451 bits per heavy atom. The van der Waals surface area contributed by atoms with E-state index in [1.54, 1.807) is 0 Å². The molecule has 0 aliphatic carbocycles. The summed E-state index contributed by atoms with van der Waals surface area (Å²) in [7, 11) is -9.94. The monoisotopic (exact) mass is 1650 g/mol. The smallest absolute Gasteiger partial charge is 0.462 e. The molecule has 0 aromatic carbocycles. The lowest BCUT2D eigenvalue weighted by molar-refractivity contribution is -0.161. The topological polar surface area (TPSA) is 237 Å². The molecule has 3 N–H and O–H groups in total. The van der Waals surface area contributed by atoms with E-state index in [0.29, 0.717) is 31.6 Å². The van der Waals surface area contributed by atoms with Crippen LogP contribution in [0, 0.1) is 17.8 Å². The van der Waals surface area contributed by atoms with Crippen LogP contribution in [0.2, 0.25) is 0 Å². The van der Waals surface area contributed by atoms with Crippen molar-refractivity contribution in [3.05, 3.63) is 0 Å². The Hall–Kier alpha value is -1.94. The highest BCUT2D eigenvalue weighted by Gasteiger charge is 2.31. The summed E-state index contributed by atoms with van der Waals surface area (Å²) in [5, 5.41) is 10.7. The molecule has 19 heteroatoms. The van der Waals surface area contributed by atoms with Crippen LogP contribution in [0.3, 0.4) is 0 Å². The lowest BCUT2D eigenvalue weighted by Crippen LogP contribution is -2.30. The van der Waals surface area contributed by atoms with Crippen molar-refractivity contribution in [1.29, 1.82) is 0 Å². The highest BCUT2D eigenvalue weighted by Crippen LogP contribution is 2.45. The van der Waals surface area contributed by atoms with Crippen molar-refractivity contribution in [2.45, 2.75) is 523 Å². The van der Waals surface area contributed by atoms with E-state index in [1.165, 1.54) is 308 Å². The maximum atomic E-state index is 13.2. The molecule has 0 aromatic rings. The minimum atomic E-state index is -4.97. The molecule has 0 radical (unpaired) electrons. The number of esters is 4. The summed E-state index contributed by atoms with van der Waals surface area (Å²) in [6.07, 6.45) is 78.2. The van der Waals surface area contributed by atoms with Crippen LogP contribution in [0.1, 0.15) is 504 Å². The van der Waals surface area contributed by atoms with E-state index in [4.69, 9.17) is 37.0 Å². The van der Waals surface area contributed by atoms with Gasteiger partial charge in [-0.2, -0.15) is 0 Å². The van der Waals surface area contributed by atoms with Crippen molar-refractivity contribution in [3.8, 4) is 0 Å². The third kappa shape index (κ3) is 86.3. The summed E-state index contributed by atoms with van der Waals surface area (Å²) in [5.41, 5.74) is 0. The summed E-state index contributed by atoms with van der Waals surface area (Å²) in [4.78, 5) is 73.4. The summed E-state index contributed by atoms with van der Waals surface area (Å²) in [6.45, 7) is 12.0.